The van der Waals surface area contributed by atoms with Crippen molar-refractivity contribution >= 4 is 17.8 Å². The third kappa shape index (κ3) is 6.45. The van der Waals surface area contributed by atoms with Gasteiger partial charge in [0, 0.05) is 20.1 Å². The Hall–Kier alpha value is -3.15. The van der Waals surface area contributed by atoms with Crippen molar-refractivity contribution in [3.8, 4) is 0 Å². The zero-order chi connectivity index (χ0) is 21.4. The van der Waals surface area contributed by atoms with Crippen molar-refractivity contribution in [2.24, 2.45) is 5.92 Å². The Balaban J connectivity index is 2.09. The molecule has 0 unspecified atom stereocenters. The van der Waals surface area contributed by atoms with Gasteiger partial charge in [-0.05, 0) is 30.5 Å². The lowest BCUT2D eigenvalue weighted by molar-refractivity contribution is -0.129. The molecule has 0 radical (unpaired) electrons. The molecule has 0 fully saturated rings. The monoisotopic (exact) mass is 396 g/mol. The first-order valence-corrected chi connectivity index (χ1v) is 9.66. The molecule has 0 aliphatic carbocycles. The van der Waals surface area contributed by atoms with Gasteiger partial charge >= 0.3 is 5.97 Å². The molecule has 6 heteroatoms. The number of nitrogens with one attached hydrogen (secondary N) is 1. The van der Waals surface area contributed by atoms with Crippen LogP contribution in [0, 0.1) is 5.92 Å². The molecule has 1 atom stereocenters. The minimum atomic E-state index is -0.952. The van der Waals surface area contributed by atoms with E-state index in [9.17, 15) is 14.4 Å². The lowest BCUT2D eigenvalue weighted by Gasteiger charge is -2.20. The molecule has 29 heavy (non-hydrogen) atoms. The Labute approximate surface area is 171 Å². The second kappa shape index (κ2) is 10.4. The van der Waals surface area contributed by atoms with Crippen molar-refractivity contribution in [2.75, 3.05) is 13.6 Å². The summed E-state index contributed by atoms with van der Waals surface area (Å²) in [6.07, 6.45) is -0.952. The molecule has 6 nitrogen and oxygen atoms in total. The second-order valence-corrected chi connectivity index (χ2v) is 7.38. The maximum Gasteiger partial charge on any atom is 0.339 e. The fourth-order valence-electron chi connectivity index (χ4n) is 2.71. The molecule has 0 aromatic heterocycles. The van der Waals surface area contributed by atoms with E-state index in [1.165, 1.54) is 13.0 Å². The fourth-order valence-corrected chi connectivity index (χ4v) is 2.71. The van der Waals surface area contributed by atoms with Gasteiger partial charge in [-0.3, -0.25) is 9.59 Å². The summed E-state index contributed by atoms with van der Waals surface area (Å²) in [5.74, 6) is -1.06. The molecule has 2 rings (SSSR count). The number of hydrogen-bond donors (Lipinski definition) is 1. The summed E-state index contributed by atoms with van der Waals surface area (Å²) < 4.78 is 5.30. The zero-order valence-electron chi connectivity index (χ0n) is 17.3. The summed E-state index contributed by atoms with van der Waals surface area (Å²) in [4.78, 5) is 39.2. The van der Waals surface area contributed by atoms with E-state index in [1.54, 1.807) is 30.1 Å². The van der Waals surface area contributed by atoms with E-state index in [0.717, 1.165) is 5.56 Å². The Morgan fingerprint density at radius 1 is 0.931 bits per heavy atom. The Morgan fingerprint density at radius 3 is 2.14 bits per heavy atom. The Kier molecular flexibility index (Phi) is 7.95. The molecule has 0 heterocycles. The maximum absolute atomic E-state index is 12.9. The predicted octanol–water partition coefficient (Wildman–Crippen LogP) is 3.28. The van der Waals surface area contributed by atoms with Crippen LogP contribution in [-0.4, -0.2) is 42.4 Å². The second-order valence-electron chi connectivity index (χ2n) is 7.38. The van der Waals surface area contributed by atoms with E-state index in [-0.39, 0.29) is 22.9 Å². The molecule has 0 spiro atoms. The van der Waals surface area contributed by atoms with Gasteiger partial charge in [-0.1, -0.05) is 56.3 Å². The van der Waals surface area contributed by atoms with E-state index in [0.29, 0.717) is 19.0 Å². The summed E-state index contributed by atoms with van der Waals surface area (Å²) in [6, 6.07) is 16.1. The van der Waals surface area contributed by atoms with Gasteiger partial charge in [-0.2, -0.15) is 0 Å². The van der Waals surface area contributed by atoms with Crippen LogP contribution in [0.25, 0.3) is 0 Å². The highest BCUT2D eigenvalue weighted by atomic mass is 16.5. The lowest BCUT2D eigenvalue weighted by Crippen LogP contribution is -2.38. The third-order valence-electron chi connectivity index (χ3n) is 4.32. The Morgan fingerprint density at radius 2 is 1.52 bits per heavy atom. The van der Waals surface area contributed by atoms with E-state index in [4.69, 9.17) is 4.74 Å². The van der Waals surface area contributed by atoms with Gasteiger partial charge < -0.3 is 15.0 Å². The molecule has 0 bridgehead atoms. The first-order chi connectivity index (χ1) is 13.8. The number of esters is 1. The molecular weight excluding hydrogens is 368 g/mol. The van der Waals surface area contributed by atoms with Crippen molar-refractivity contribution in [2.45, 2.75) is 33.4 Å². The average Bonchev–Trinajstić information content (AvgIpc) is 2.71. The summed E-state index contributed by atoms with van der Waals surface area (Å²) in [5, 5.41) is 2.73. The molecule has 2 aromatic rings. The van der Waals surface area contributed by atoms with Crippen molar-refractivity contribution in [3.63, 3.8) is 0 Å². The largest absolute Gasteiger partial charge is 0.449 e. The third-order valence-corrected chi connectivity index (χ3v) is 4.32. The fraction of sp³-hybridized carbons (Fsp3) is 0.348. The number of ether oxygens (including phenoxy) is 1. The van der Waals surface area contributed by atoms with Gasteiger partial charge in [0.15, 0.2) is 6.10 Å². The standard InChI is InChI=1S/C23H28N2O4/c1-16(2)14-24-21(26)17(3)29-23(28)20-13-9-8-12-19(20)22(27)25(4)15-18-10-6-5-7-11-18/h5-13,16-17H,14-15H2,1-4H3,(H,24,26)/t17-/m1/s1. The average molecular weight is 396 g/mol. The summed E-state index contributed by atoms with van der Waals surface area (Å²) in [6.45, 7) is 6.38. The maximum atomic E-state index is 12.9. The highest BCUT2D eigenvalue weighted by Crippen LogP contribution is 2.15. The first-order valence-electron chi connectivity index (χ1n) is 9.66. The molecule has 154 valence electrons. The molecule has 2 aromatic carbocycles. The number of carbonyl (C=O) groups is 3. The number of hydrogen-bond acceptors (Lipinski definition) is 4. The zero-order valence-corrected chi connectivity index (χ0v) is 17.3. The van der Waals surface area contributed by atoms with Crippen molar-refractivity contribution in [3.05, 3.63) is 71.3 Å². The van der Waals surface area contributed by atoms with E-state index >= 15 is 0 Å². The van der Waals surface area contributed by atoms with Gasteiger partial charge in [0.05, 0.1) is 11.1 Å². The number of rotatable bonds is 8. The van der Waals surface area contributed by atoms with Gasteiger partial charge in [0.1, 0.15) is 0 Å². The normalized spacial score (nSPS) is 11.6. The van der Waals surface area contributed by atoms with Crippen LogP contribution in [0.4, 0.5) is 0 Å². The van der Waals surface area contributed by atoms with Crippen molar-refractivity contribution < 1.29 is 19.1 Å². The predicted molar refractivity (Wildman–Crippen MR) is 111 cm³/mol. The van der Waals surface area contributed by atoms with Crippen LogP contribution in [0.5, 0.6) is 0 Å². The summed E-state index contributed by atoms with van der Waals surface area (Å²) in [7, 11) is 1.68. The summed E-state index contributed by atoms with van der Waals surface area (Å²) >= 11 is 0. The smallest absolute Gasteiger partial charge is 0.339 e. The van der Waals surface area contributed by atoms with Crippen LogP contribution >= 0.6 is 0 Å². The summed E-state index contributed by atoms with van der Waals surface area (Å²) in [5.41, 5.74) is 1.37. The van der Waals surface area contributed by atoms with Gasteiger partial charge in [-0.15, -0.1) is 0 Å². The Bertz CT molecular complexity index is 849. The lowest BCUT2D eigenvalue weighted by atomic mass is 10.1. The van der Waals surface area contributed by atoms with Crippen LogP contribution in [0.2, 0.25) is 0 Å². The van der Waals surface area contributed by atoms with Gasteiger partial charge in [-0.25, -0.2) is 4.79 Å². The van der Waals surface area contributed by atoms with Crippen LogP contribution in [-0.2, 0) is 16.1 Å². The SMILES string of the molecule is CC(C)CNC(=O)[C@@H](C)OC(=O)c1ccccc1C(=O)N(C)Cc1ccccc1. The molecule has 0 saturated carbocycles. The number of amides is 2. The minimum Gasteiger partial charge on any atom is -0.449 e. The first kappa shape index (κ1) is 22.1. The number of nitrogens with zero attached hydrogens (tertiary/aromatic N) is 1. The topological polar surface area (TPSA) is 75.7 Å². The van der Waals surface area contributed by atoms with Crippen LogP contribution in [0.15, 0.2) is 54.6 Å². The highest BCUT2D eigenvalue weighted by molar-refractivity contribution is 6.05. The van der Waals surface area contributed by atoms with Crippen molar-refractivity contribution in [1.82, 2.24) is 10.2 Å². The molecule has 0 aliphatic rings. The molecular formula is C23H28N2O4. The minimum absolute atomic E-state index is 0.140. The van der Waals surface area contributed by atoms with E-state index < -0.39 is 12.1 Å². The van der Waals surface area contributed by atoms with Crippen LogP contribution < -0.4 is 5.32 Å². The van der Waals surface area contributed by atoms with Crippen LogP contribution in [0.3, 0.4) is 0 Å². The van der Waals surface area contributed by atoms with Crippen molar-refractivity contribution in [1.29, 1.82) is 0 Å². The van der Waals surface area contributed by atoms with Gasteiger partial charge in [0.2, 0.25) is 0 Å². The molecule has 0 aliphatic heterocycles. The highest BCUT2D eigenvalue weighted by Gasteiger charge is 2.24. The van der Waals surface area contributed by atoms with E-state index in [2.05, 4.69) is 5.32 Å². The molecule has 0 saturated heterocycles. The quantitative estimate of drug-likeness (QED) is 0.695. The van der Waals surface area contributed by atoms with Crippen LogP contribution in [0.1, 0.15) is 47.1 Å². The number of carbonyl (C=O) groups excluding carboxylic acids is 3. The molecule has 1 N–H and O–H groups in total. The number of benzene rings is 2. The molecule has 2 amide bonds. The van der Waals surface area contributed by atoms with Gasteiger partial charge in [0.25, 0.3) is 11.8 Å². The van der Waals surface area contributed by atoms with E-state index in [1.807, 2.05) is 44.2 Å².